The van der Waals surface area contributed by atoms with Gasteiger partial charge in [0.25, 0.3) is 0 Å². The monoisotopic (exact) mass is 742 g/mol. The van der Waals surface area contributed by atoms with Gasteiger partial charge in [0, 0.05) is 23.9 Å². The number of alkyl carbamates (subject to hydrolysis) is 2. The van der Waals surface area contributed by atoms with E-state index in [0.717, 1.165) is 60.2 Å². The number of carbonyl (C=O) groups excluding carboxylic acids is 2. The first kappa shape index (κ1) is 37.7. The van der Waals surface area contributed by atoms with Gasteiger partial charge in [-0.15, -0.1) is 22.7 Å². The Labute approximate surface area is 269 Å². The Kier molecular flexibility index (Phi) is 16.9. The molecule has 8 nitrogen and oxygen atoms in total. The van der Waals surface area contributed by atoms with E-state index in [2.05, 4.69) is 52.5 Å². The van der Waals surface area contributed by atoms with Crippen molar-refractivity contribution in [2.45, 2.75) is 130 Å². The number of nitrogens with one attached hydrogen (secondary N) is 2. The number of aromatic nitrogens is 2. The standard InChI is InChI=1S/C13H18BrFN2O2S.C13H19BrN2O2S.2CH4/c1-7(2)19-13(18)16-9-5-3-8(4-6-9)12-17-11(15)10(14)20-12;1-8(2)18-13(17)16-10-5-3-9(4-6-10)12-15-7-11(14)19-12;;/h7-9H,3-6H2,1-2H3,(H,16,18);7-10H,3-6H2,1-2H3,(H,16,17);2*1H4. The molecule has 0 saturated heterocycles. The van der Waals surface area contributed by atoms with Crippen molar-refractivity contribution in [3.63, 3.8) is 0 Å². The van der Waals surface area contributed by atoms with Crippen LogP contribution in [-0.2, 0) is 9.47 Å². The minimum Gasteiger partial charge on any atom is -0.447 e. The lowest BCUT2D eigenvalue weighted by molar-refractivity contribution is 0.108. The number of hydrogen-bond donors (Lipinski definition) is 2. The molecule has 2 aliphatic carbocycles. The van der Waals surface area contributed by atoms with Crippen LogP contribution in [0.25, 0.3) is 0 Å². The maximum absolute atomic E-state index is 13.2. The number of amides is 2. The molecule has 13 heteroatoms. The molecule has 2 fully saturated rings. The van der Waals surface area contributed by atoms with Gasteiger partial charge in [-0.05, 0) is 111 Å². The minimum atomic E-state index is -0.425. The van der Waals surface area contributed by atoms with Gasteiger partial charge in [0.1, 0.15) is 8.79 Å². The number of carbonyl (C=O) groups is 2. The van der Waals surface area contributed by atoms with Gasteiger partial charge in [-0.3, -0.25) is 0 Å². The molecule has 0 bridgehead atoms. The van der Waals surface area contributed by atoms with E-state index in [0.29, 0.717) is 15.6 Å². The molecule has 2 N–H and O–H groups in total. The van der Waals surface area contributed by atoms with Crippen molar-refractivity contribution >= 4 is 66.7 Å². The summed E-state index contributed by atoms with van der Waals surface area (Å²) in [6, 6.07) is 0.386. The van der Waals surface area contributed by atoms with Crippen LogP contribution < -0.4 is 10.6 Å². The number of nitrogens with zero attached hydrogens (tertiary/aromatic N) is 2. The van der Waals surface area contributed by atoms with Crippen LogP contribution in [0.4, 0.5) is 14.0 Å². The molecular weight excluding hydrogens is 699 g/mol. The Morgan fingerprint density at radius 2 is 1.27 bits per heavy atom. The highest BCUT2D eigenvalue weighted by Crippen LogP contribution is 2.38. The first-order valence-electron chi connectivity index (χ1n) is 13.4. The van der Waals surface area contributed by atoms with E-state index < -0.39 is 5.95 Å². The highest BCUT2D eigenvalue weighted by atomic mass is 79.9. The second-order valence-corrected chi connectivity index (χ2v) is 15.2. The molecule has 0 unspecified atom stereocenters. The summed E-state index contributed by atoms with van der Waals surface area (Å²) >= 11 is 9.68. The van der Waals surface area contributed by atoms with Crippen LogP contribution in [0.15, 0.2) is 13.8 Å². The summed E-state index contributed by atoms with van der Waals surface area (Å²) in [5.41, 5.74) is 0. The smallest absolute Gasteiger partial charge is 0.407 e. The topological polar surface area (TPSA) is 102 Å². The van der Waals surface area contributed by atoms with Gasteiger partial charge in [-0.25, -0.2) is 19.6 Å². The molecule has 2 aromatic rings. The molecular formula is C28H45Br2FN4O4S2. The fourth-order valence-electron chi connectivity index (χ4n) is 4.73. The number of hydrogen-bond acceptors (Lipinski definition) is 8. The van der Waals surface area contributed by atoms with Crippen molar-refractivity contribution in [3.8, 4) is 0 Å². The summed E-state index contributed by atoms with van der Waals surface area (Å²) in [6.45, 7) is 7.37. The van der Waals surface area contributed by atoms with E-state index in [-0.39, 0.29) is 51.3 Å². The van der Waals surface area contributed by atoms with E-state index in [1.54, 1.807) is 11.3 Å². The maximum Gasteiger partial charge on any atom is 0.407 e. The molecule has 0 atom stereocenters. The molecule has 2 saturated carbocycles. The van der Waals surface area contributed by atoms with Crippen LogP contribution >= 0.6 is 54.5 Å². The molecule has 2 aliphatic rings. The normalized spacial score (nSPS) is 22.0. The van der Waals surface area contributed by atoms with E-state index >= 15 is 0 Å². The zero-order valence-corrected chi connectivity index (χ0v) is 27.5. The quantitative estimate of drug-likeness (QED) is 0.306. The van der Waals surface area contributed by atoms with Gasteiger partial charge in [0.2, 0.25) is 5.95 Å². The van der Waals surface area contributed by atoms with Crippen molar-refractivity contribution in [3.05, 3.63) is 29.7 Å². The van der Waals surface area contributed by atoms with Crippen molar-refractivity contribution in [1.82, 2.24) is 20.6 Å². The molecule has 234 valence electrons. The van der Waals surface area contributed by atoms with Gasteiger partial charge in [-0.2, -0.15) is 4.39 Å². The summed E-state index contributed by atoms with van der Waals surface area (Å²) < 4.78 is 25.0. The SMILES string of the molecule is C.C.CC(C)OC(=O)NC1CCC(c2nc(F)c(Br)s2)CC1.CC(C)OC(=O)NC1CCC(c2ncc(Br)s2)CC1. The van der Waals surface area contributed by atoms with E-state index in [1.807, 2.05) is 33.9 Å². The molecule has 2 aromatic heterocycles. The lowest BCUT2D eigenvalue weighted by Gasteiger charge is -2.27. The molecule has 4 rings (SSSR count). The van der Waals surface area contributed by atoms with Crippen LogP contribution in [0.1, 0.15) is 116 Å². The van der Waals surface area contributed by atoms with E-state index in [1.165, 1.54) is 16.3 Å². The fourth-order valence-corrected chi connectivity index (χ4v) is 7.57. The second kappa shape index (κ2) is 18.4. The molecule has 0 aromatic carbocycles. The largest absolute Gasteiger partial charge is 0.447 e. The zero-order valence-electron chi connectivity index (χ0n) is 22.7. The van der Waals surface area contributed by atoms with Crippen molar-refractivity contribution < 1.29 is 23.5 Å². The summed E-state index contributed by atoms with van der Waals surface area (Å²) in [7, 11) is 0. The third kappa shape index (κ3) is 12.8. The highest BCUT2D eigenvalue weighted by Gasteiger charge is 2.27. The van der Waals surface area contributed by atoms with Crippen LogP contribution in [0.3, 0.4) is 0 Å². The minimum absolute atomic E-state index is 0. The summed E-state index contributed by atoms with van der Waals surface area (Å²) in [5.74, 6) is 0.404. The first-order valence-corrected chi connectivity index (χ1v) is 16.6. The van der Waals surface area contributed by atoms with Gasteiger partial charge < -0.3 is 20.1 Å². The Hall–Kier alpha value is -1.31. The lowest BCUT2D eigenvalue weighted by Crippen LogP contribution is -2.38. The van der Waals surface area contributed by atoms with Crippen LogP contribution in [-0.4, -0.2) is 46.4 Å². The third-order valence-corrected chi connectivity index (χ3v) is 9.98. The van der Waals surface area contributed by atoms with Gasteiger partial charge >= 0.3 is 12.2 Å². The Morgan fingerprint density at radius 1 is 0.829 bits per heavy atom. The Balaban J connectivity index is 0.000000391. The summed E-state index contributed by atoms with van der Waals surface area (Å²) in [4.78, 5) is 31.4. The number of halogens is 3. The maximum atomic E-state index is 13.2. The van der Waals surface area contributed by atoms with E-state index in [9.17, 15) is 14.0 Å². The van der Waals surface area contributed by atoms with Crippen LogP contribution in [0.5, 0.6) is 0 Å². The molecule has 2 heterocycles. The first-order chi connectivity index (χ1) is 18.5. The number of ether oxygens (including phenoxy) is 2. The van der Waals surface area contributed by atoms with Gasteiger partial charge in [0.05, 0.1) is 27.2 Å². The van der Waals surface area contributed by atoms with E-state index in [4.69, 9.17) is 9.47 Å². The Bertz CT molecular complexity index is 1050. The lowest BCUT2D eigenvalue weighted by atomic mass is 9.86. The van der Waals surface area contributed by atoms with Gasteiger partial charge in [0.15, 0.2) is 0 Å². The van der Waals surface area contributed by atoms with Crippen molar-refractivity contribution in [2.75, 3.05) is 0 Å². The highest BCUT2D eigenvalue weighted by molar-refractivity contribution is 9.11. The zero-order chi connectivity index (χ0) is 28.5. The predicted molar refractivity (Wildman–Crippen MR) is 173 cm³/mol. The summed E-state index contributed by atoms with van der Waals surface area (Å²) in [6.07, 6.45) is 8.74. The van der Waals surface area contributed by atoms with Crippen LogP contribution in [0.2, 0.25) is 0 Å². The summed E-state index contributed by atoms with van der Waals surface area (Å²) in [5, 5.41) is 7.87. The number of rotatable bonds is 6. The van der Waals surface area contributed by atoms with Crippen LogP contribution in [0, 0.1) is 5.95 Å². The molecule has 41 heavy (non-hydrogen) atoms. The molecule has 0 spiro atoms. The Morgan fingerprint density at radius 3 is 1.61 bits per heavy atom. The molecule has 2 amide bonds. The molecule has 0 aliphatic heterocycles. The van der Waals surface area contributed by atoms with Gasteiger partial charge in [-0.1, -0.05) is 14.9 Å². The average molecular weight is 745 g/mol. The van der Waals surface area contributed by atoms with Crippen molar-refractivity contribution in [2.24, 2.45) is 0 Å². The fraction of sp³-hybridized carbons (Fsp3) is 0.714. The van der Waals surface area contributed by atoms with Crippen molar-refractivity contribution in [1.29, 1.82) is 0 Å². The second-order valence-electron chi connectivity index (χ2n) is 10.4. The average Bonchev–Trinajstić information content (AvgIpc) is 3.44. The number of thiazole rings is 2. The molecule has 0 radical (unpaired) electrons. The predicted octanol–water partition coefficient (Wildman–Crippen LogP) is 9.54. The third-order valence-electron chi connectivity index (χ3n) is 6.54.